The van der Waals surface area contributed by atoms with Crippen molar-refractivity contribution in [3.63, 3.8) is 0 Å². The summed E-state index contributed by atoms with van der Waals surface area (Å²) in [6, 6.07) is 3.70. The number of benzene rings is 1. The molecule has 0 saturated carbocycles. The number of hydrogen-bond donors (Lipinski definition) is 0. The minimum atomic E-state index is -2.01. The second kappa shape index (κ2) is 8.44. The number of allylic oxidation sites excluding steroid dienone is 1. The van der Waals surface area contributed by atoms with Gasteiger partial charge < -0.3 is 9.47 Å². The molecule has 130 valence electrons. The van der Waals surface area contributed by atoms with Crippen LogP contribution in [0.25, 0.3) is 0 Å². The van der Waals surface area contributed by atoms with Crippen LogP contribution in [0.2, 0.25) is 5.02 Å². The van der Waals surface area contributed by atoms with E-state index in [-0.39, 0.29) is 30.2 Å². The molecule has 0 saturated heterocycles. The van der Waals surface area contributed by atoms with E-state index in [2.05, 4.69) is 6.58 Å². The summed E-state index contributed by atoms with van der Waals surface area (Å²) in [4.78, 5) is 35.9. The lowest BCUT2D eigenvalue weighted by Crippen LogP contribution is -2.46. The van der Waals surface area contributed by atoms with Crippen LogP contribution in [0.15, 0.2) is 30.9 Å². The lowest BCUT2D eigenvalue weighted by Gasteiger charge is -2.28. The Bertz CT molecular complexity index is 640. The van der Waals surface area contributed by atoms with Crippen LogP contribution in [0.5, 0.6) is 0 Å². The molecule has 0 aromatic heterocycles. The fraction of sp³-hybridized carbons (Fsp3) is 0.375. The molecule has 1 rings (SSSR count). The quantitative estimate of drug-likeness (QED) is 0.233. The second-order valence-corrected chi connectivity index (χ2v) is 5.19. The van der Waals surface area contributed by atoms with Crippen LogP contribution >= 0.6 is 11.6 Å². The lowest BCUT2D eigenvalue weighted by molar-refractivity contribution is -0.386. The van der Waals surface area contributed by atoms with E-state index in [1.807, 2.05) is 0 Å². The van der Waals surface area contributed by atoms with E-state index in [0.717, 1.165) is 6.07 Å². The van der Waals surface area contributed by atoms with E-state index in [9.17, 15) is 19.7 Å². The van der Waals surface area contributed by atoms with Crippen LogP contribution in [-0.2, 0) is 24.5 Å². The Morgan fingerprint density at radius 2 is 1.83 bits per heavy atom. The first-order valence-electron chi connectivity index (χ1n) is 7.24. The number of nitro benzene ring substituents is 1. The summed E-state index contributed by atoms with van der Waals surface area (Å²) >= 11 is 5.81. The van der Waals surface area contributed by atoms with Crippen molar-refractivity contribution in [1.82, 2.24) is 0 Å². The molecule has 0 N–H and O–H groups in total. The molecule has 0 spiro atoms. The molecule has 1 aromatic rings. The topological polar surface area (TPSA) is 95.7 Å². The number of nitrogens with zero attached hydrogens (tertiary/aromatic N) is 1. The summed E-state index contributed by atoms with van der Waals surface area (Å²) in [5.74, 6) is -1.87. The highest BCUT2D eigenvalue weighted by atomic mass is 35.5. The summed E-state index contributed by atoms with van der Waals surface area (Å²) in [5, 5.41) is 11.5. The van der Waals surface area contributed by atoms with Crippen molar-refractivity contribution in [2.45, 2.75) is 25.7 Å². The zero-order chi connectivity index (χ0) is 18.3. The highest BCUT2D eigenvalue weighted by Gasteiger charge is 2.53. The molecule has 0 heterocycles. The Kier molecular flexibility index (Phi) is 6.91. The first kappa shape index (κ1) is 19.6. The molecule has 0 aliphatic rings. The van der Waals surface area contributed by atoms with Gasteiger partial charge >= 0.3 is 11.9 Å². The van der Waals surface area contributed by atoms with Crippen LogP contribution in [-0.4, -0.2) is 30.1 Å². The normalized spacial score (nSPS) is 10.8. The van der Waals surface area contributed by atoms with Crippen molar-refractivity contribution < 1.29 is 24.0 Å². The number of hydrogen-bond acceptors (Lipinski definition) is 6. The molecule has 0 bridgehead atoms. The second-order valence-electron chi connectivity index (χ2n) is 4.76. The summed E-state index contributed by atoms with van der Waals surface area (Å²) in [7, 11) is 0. The Labute approximate surface area is 144 Å². The van der Waals surface area contributed by atoms with E-state index in [1.165, 1.54) is 18.2 Å². The van der Waals surface area contributed by atoms with Crippen molar-refractivity contribution in [2.24, 2.45) is 0 Å². The third-order valence-corrected chi connectivity index (χ3v) is 3.55. The van der Waals surface area contributed by atoms with Gasteiger partial charge in [-0.15, -0.1) is 6.58 Å². The largest absolute Gasteiger partial charge is 0.465 e. The van der Waals surface area contributed by atoms with E-state index in [4.69, 9.17) is 21.1 Å². The van der Waals surface area contributed by atoms with Crippen molar-refractivity contribution in [1.29, 1.82) is 0 Å². The summed E-state index contributed by atoms with van der Waals surface area (Å²) in [5.41, 5.74) is -2.63. The van der Waals surface area contributed by atoms with Gasteiger partial charge in [-0.05, 0) is 32.4 Å². The molecule has 0 unspecified atom stereocenters. The zero-order valence-corrected chi connectivity index (χ0v) is 14.2. The molecule has 0 atom stereocenters. The maximum absolute atomic E-state index is 12.6. The molecule has 7 nitrogen and oxygen atoms in total. The van der Waals surface area contributed by atoms with Gasteiger partial charge in [0.15, 0.2) is 5.41 Å². The average molecular weight is 356 g/mol. The van der Waals surface area contributed by atoms with E-state index >= 15 is 0 Å². The lowest BCUT2D eigenvalue weighted by atomic mass is 9.76. The van der Waals surface area contributed by atoms with Gasteiger partial charge in [0.1, 0.15) is 0 Å². The number of carbonyl (C=O) groups is 2. The molecular formula is C16H18ClNO6. The van der Waals surface area contributed by atoms with E-state index in [0.29, 0.717) is 0 Å². The molecule has 24 heavy (non-hydrogen) atoms. The Balaban J connectivity index is 3.74. The van der Waals surface area contributed by atoms with E-state index < -0.39 is 28.0 Å². The summed E-state index contributed by atoms with van der Waals surface area (Å²) < 4.78 is 10.0. The number of nitro groups is 1. The van der Waals surface area contributed by atoms with Gasteiger partial charge in [-0.25, -0.2) is 0 Å². The van der Waals surface area contributed by atoms with Gasteiger partial charge in [-0.1, -0.05) is 17.7 Å². The van der Waals surface area contributed by atoms with Crippen LogP contribution in [0.3, 0.4) is 0 Å². The molecule has 0 aliphatic heterocycles. The first-order chi connectivity index (χ1) is 11.3. The predicted molar refractivity (Wildman–Crippen MR) is 87.9 cm³/mol. The summed E-state index contributed by atoms with van der Waals surface area (Å²) in [6.07, 6.45) is 1.10. The maximum atomic E-state index is 12.6. The third kappa shape index (κ3) is 3.73. The standard InChI is InChI=1S/C16H18ClNO6/c1-4-9-16(14(19)23-5-2,15(20)24-6-3)12-8-7-11(17)10-13(12)18(21)22/h4,7-8,10H,1,5-6,9H2,2-3H3. The Morgan fingerprint density at radius 1 is 1.29 bits per heavy atom. The molecule has 0 aliphatic carbocycles. The minimum absolute atomic E-state index is 0.00147. The zero-order valence-electron chi connectivity index (χ0n) is 13.4. The third-order valence-electron chi connectivity index (χ3n) is 3.31. The number of ether oxygens (including phenoxy) is 2. The fourth-order valence-corrected chi connectivity index (χ4v) is 2.49. The highest BCUT2D eigenvalue weighted by molar-refractivity contribution is 6.30. The fourth-order valence-electron chi connectivity index (χ4n) is 2.32. The van der Waals surface area contributed by atoms with Gasteiger partial charge in [0, 0.05) is 11.1 Å². The van der Waals surface area contributed by atoms with Crippen molar-refractivity contribution in [3.05, 3.63) is 51.6 Å². The average Bonchev–Trinajstić information content (AvgIpc) is 2.53. The summed E-state index contributed by atoms with van der Waals surface area (Å²) in [6.45, 7) is 6.67. The molecule has 0 radical (unpaired) electrons. The van der Waals surface area contributed by atoms with Crippen molar-refractivity contribution in [2.75, 3.05) is 13.2 Å². The molecule has 0 amide bonds. The molecular weight excluding hydrogens is 338 g/mol. The number of esters is 2. The van der Waals surface area contributed by atoms with Crippen molar-refractivity contribution >= 4 is 29.2 Å². The number of carbonyl (C=O) groups excluding carboxylic acids is 2. The van der Waals surface area contributed by atoms with Gasteiger partial charge in [0.2, 0.25) is 0 Å². The minimum Gasteiger partial charge on any atom is -0.465 e. The Hall–Kier alpha value is -2.41. The van der Waals surface area contributed by atoms with Crippen LogP contribution < -0.4 is 0 Å². The van der Waals surface area contributed by atoms with Gasteiger partial charge in [0.25, 0.3) is 5.69 Å². The Morgan fingerprint density at radius 3 is 2.25 bits per heavy atom. The maximum Gasteiger partial charge on any atom is 0.328 e. The molecule has 0 fully saturated rings. The number of rotatable bonds is 8. The number of halogens is 1. The van der Waals surface area contributed by atoms with Crippen LogP contribution in [0.1, 0.15) is 25.8 Å². The van der Waals surface area contributed by atoms with Gasteiger partial charge in [-0.3, -0.25) is 19.7 Å². The first-order valence-corrected chi connectivity index (χ1v) is 7.62. The smallest absolute Gasteiger partial charge is 0.328 e. The van der Waals surface area contributed by atoms with Gasteiger partial charge in [-0.2, -0.15) is 0 Å². The van der Waals surface area contributed by atoms with Crippen molar-refractivity contribution in [3.8, 4) is 0 Å². The predicted octanol–water partition coefficient (Wildman–Crippen LogP) is 3.19. The molecule has 8 heteroatoms. The van der Waals surface area contributed by atoms with E-state index in [1.54, 1.807) is 13.8 Å². The van der Waals surface area contributed by atoms with Crippen LogP contribution in [0.4, 0.5) is 5.69 Å². The SMILES string of the molecule is C=CCC(C(=O)OCC)(C(=O)OCC)c1ccc(Cl)cc1[N+](=O)[O-]. The van der Waals surface area contributed by atoms with Crippen LogP contribution in [0, 0.1) is 10.1 Å². The van der Waals surface area contributed by atoms with Gasteiger partial charge in [0.05, 0.1) is 23.7 Å². The molecule has 1 aromatic carbocycles. The monoisotopic (exact) mass is 355 g/mol. The highest BCUT2D eigenvalue weighted by Crippen LogP contribution is 2.39.